The predicted molar refractivity (Wildman–Crippen MR) is 364 cm³/mol. The van der Waals surface area contributed by atoms with Crippen LogP contribution in [0.1, 0.15) is 116 Å². The molecule has 1 aliphatic rings. The minimum absolute atomic E-state index is 0.0404. The molecule has 12 nitrogen and oxygen atoms in total. The molecule has 1 heterocycles. The largest absolute Gasteiger partial charge is 0.507 e. The maximum absolute atomic E-state index is 12.8. The third-order valence-electron chi connectivity index (χ3n) is 14.1. The van der Waals surface area contributed by atoms with Gasteiger partial charge in [-0.25, -0.2) is 0 Å². The standard InChI is InChI=1S/C70H72Cl2N6O6S4/c1-67(2,3)43-31-55-63(81)56(32-43)86-60-36-46(70(10,11)12)38-62(66(60)84-28-26-74-40-42-30-52(22-24-54(42)80)78-76-50-19-15-48(72)16-20-50)88-58-34-44(68(4,5)6)33-57(64(58)82)87-61-37-45(69(7,8)9)35-59(85-55)65(61)83-27-25-73-39-41-29-51(21-23-53(41)79)77-75-49-17-13-47(71)14-18-49/h13-24,29-40,79-82H,25-28H2,1-12H3. The number of halogens is 2. The van der Waals surface area contributed by atoms with Gasteiger partial charge in [0.15, 0.2) is 0 Å². The number of fused-ring (bicyclic) bond motifs is 8. The SMILES string of the molecule is CC(C)(C)c1cc2c(O)c(c1)Sc1cc(C(C)(C)C)cc(c1OCCN=Cc1cc(N=Nc3ccc(Cl)cc3)ccc1O)Sc1cc(C(C)(C)C)cc(c1O)Sc1cc(C(C)(C)C)cc(c1OCCN=Cc1cc(N=Nc3ccc(Cl)cc3)ccc1O)S2. The first kappa shape index (κ1) is 65.5. The Morgan fingerprint density at radius 3 is 0.909 bits per heavy atom. The lowest BCUT2D eigenvalue weighted by atomic mass is 9.87. The molecule has 8 aromatic carbocycles. The highest BCUT2D eigenvalue weighted by Gasteiger charge is 2.30. The second kappa shape index (κ2) is 27.4. The van der Waals surface area contributed by atoms with E-state index in [9.17, 15) is 20.4 Å². The molecule has 0 spiro atoms. The Labute approximate surface area is 543 Å². The zero-order chi connectivity index (χ0) is 63.3. The quantitative estimate of drug-likeness (QED) is 0.0466. The summed E-state index contributed by atoms with van der Waals surface area (Å²) in [7, 11) is 0. The van der Waals surface area contributed by atoms with Gasteiger partial charge in [-0.05, 0) is 177 Å². The summed E-state index contributed by atoms with van der Waals surface area (Å²) in [5, 5.41) is 65.9. The fourth-order valence-corrected chi connectivity index (χ4v) is 13.6. The molecule has 0 radical (unpaired) electrons. The molecule has 88 heavy (non-hydrogen) atoms. The van der Waals surface area contributed by atoms with E-state index in [0.29, 0.717) is 75.0 Å². The number of phenols is 4. The molecule has 0 saturated heterocycles. The summed E-state index contributed by atoms with van der Waals surface area (Å²) >= 11 is 17.9. The van der Waals surface area contributed by atoms with Gasteiger partial charge in [-0.2, -0.15) is 20.5 Å². The third kappa shape index (κ3) is 16.9. The van der Waals surface area contributed by atoms with Crippen LogP contribution in [0.5, 0.6) is 34.5 Å². The summed E-state index contributed by atoms with van der Waals surface area (Å²) < 4.78 is 13.8. The molecule has 0 saturated carbocycles. The van der Waals surface area contributed by atoms with Crippen molar-refractivity contribution in [3.63, 3.8) is 0 Å². The highest BCUT2D eigenvalue weighted by molar-refractivity contribution is 8.01. The molecule has 8 bridgehead atoms. The average molecular weight is 1290 g/mol. The Kier molecular flexibility index (Phi) is 20.4. The average Bonchev–Trinajstić information content (AvgIpc) is 0.918. The zero-order valence-corrected chi connectivity index (χ0v) is 56.1. The highest BCUT2D eigenvalue weighted by atomic mass is 35.5. The van der Waals surface area contributed by atoms with E-state index in [1.165, 1.54) is 47.0 Å². The van der Waals surface area contributed by atoms with Crippen LogP contribution < -0.4 is 9.47 Å². The normalized spacial score (nSPS) is 13.3. The van der Waals surface area contributed by atoms with E-state index < -0.39 is 0 Å². The number of hydrogen-bond donors (Lipinski definition) is 4. The van der Waals surface area contributed by atoms with Crippen LogP contribution in [0, 0.1) is 0 Å². The molecule has 0 fully saturated rings. The molecule has 0 amide bonds. The topological polar surface area (TPSA) is 174 Å². The lowest BCUT2D eigenvalue weighted by Crippen LogP contribution is -2.13. The molecule has 1 aliphatic heterocycles. The second-order valence-corrected chi connectivity index (χ2v) is 30.5. The molecule has 18 heteroatoms. The predicted octanol–water partition coefficient (Wildman–Crippen LogP) is 21.8. The van der Waals surface area contributed by atoms with Crippen molar-refractivity contribution in [2.24, 2.45) is 30.4 Å². The van der Waals surface area contributed by atoms with Crippen LogP contribution >= 0.6 is 70.2 Å². The van der Waals surface area contributed by atoms with Crippen molar-refractivity contribution in [3.8, 4) is 34.5 Å². The number of rotatable bonds is 14. The van der Waals surface area contributed by atoms with Crippen LogP contribution in [-0.2, 0) is 21.7 Å². The van der Waals surface area contributed by atoms with Gasteiger partial charge in [0.2, 0.25) is 0 Å². The number of aromatic hydroxyl groups is 4. The van der Waals surface area contributed by atoms with Gasteiger partial charge >= 0.3 is 0 Å². The Morgan fingerprint density at radius 2 is 0.625 bits per heavy atom. The van der Waals surface area contributed by atoms with Crippen molar-refractivity contribution in [3.05, 3.63) is 177 Å². The van der Waals surface area contributed by atoms with Gasteiger partial charge in [-0.15, -0.1) is 0 Å². The number of hydrogen-bond acceptors (Lipinski definition) is 16. The lowest BCUT2D eigenvalue weighted by Gasteiger charge is -2.27. The maximum Gasteiger partial charge on any atom is 0.147 e. The summed E-state index contributed by atoms with van der Waals surface area (Å²) in [6.45, 7) is 26.8. The molecule has 0 aliphatic carbocycles. The Bertz CT molecular complexity index is 3640. The van der Waals surface area contributed by atoms with Crippen LogP contribution in [0.25, 0.3) is 0 Å². The van der Waals surface area contributed by atoms with Crippen LogP contribution in [0.2, 0.25) is 10.0 Å². The summed E-state index contributed by atoms with van der Waals surface area (Å²) in [6, 6.07) is 40.8. The minimum atomic E-state index is -0.331. The first-order valence-corrected chi connectivity index (χ1v) is 32.7. The molecule has 0 unspecified atom stereocenters. The van der Waals surface area contributed by atoms with E-state index in [4.69, 9.17) is 42.7 Å². The van der Waals surface area contributed by atoms with Gasteiger partial charge in [0, 0.05) is 33.6 Å². The van der Waals surface area contributed by atoms with Crippen molar-refractivity contribution in [1.29, 1.82) is 0 Å². The molecule has 456 valence electrons. The Balaban J connectivity index is 1.12. The Hall–Kier alpha value is -6.92. The molecular weight excluding hydrogens is 1220 g/mol. The van der Waals surface area contributed by atoms with Crippen LogP contribution in [0.15, 0.2) is 203 Å². The summed E-state index contributed by atoms with van der Waals surface area (Å²) in [5.74, 6) is 1.44. The summed E-state index contributed by atoms with van der Waals surface area (Å²) in [5.41, 5.74) is 6.07. The lowest BCUT2D eigenvalue weighted by molar-refractivity contribution is 0.313. The van der Waals surface area contributed by atoms with Gasteiger partial charge in [-0.3, -0.25) is 9.98 Å². The van der Waals surface area contributed by atoms with Gasteiger partial charge in [0.25, 0.3) is 0 Å². The number of ether oxygens (including phenoxy) is 2. The van der Waals surface area contributed by atoms with Crippen molar-refractivity contribution in [1.82, 2.24) is 0 Å². The van der Waals surface area contributed by atoms with Crippen molar-refractivity contribution >= 4 is 105 Å². The van der Waals surface area contributed by atoms with E-state index in [1.807, 2.05) is 0 Å². The van der Waals surface area contributed by atoms with Crippen molar-refractivity contribution < 1.29 is 29.9 Å². The van der Waals surface area contributed by atoms with Crippen LogP contribution in [-0.4, -0.2) is 59.2 Å². The zero-order valence-electron chi connectivity index (χ0n) is 51.4. The molecule has 4 N–H and O–H groups in total. The van der Waals surface area contributed by atoms with E-state index in [1.54, 1.807) is 97.4 Å². The van der Waals surface area contributed by atoms with Gasteiger partial charge < -0.3 is 29.9 Å². The fourth-order valence-electron chi connectivity index (χ4n) is 8.81. The maximum atomic E-state index is 12.8. The molecule has 9 rings (SSSR count). The van der Waals surface area contributed by atoms with Crippen LogP contribution in [0.3, 0.4) is 0 Å². The van der Waals surface area contributed by atoms with Gasteiger partial charge in [0.05, 0.1) is 75.0 Å². The first-order valence-electron chi connectivity index (χ1n) is 28.6. The third-order valence-corrected chi connectivity index (χ3v) is 18.8. The van der Waals surface area contributed by atoms with E-state index in [2.05, 4.69) is 152 Å². The number of benzene rings is 8. The number of aliphatic imine (C=N–C) groups is 2. The molecular formula is C70H72Cl2N6O6S4. The number of azo groups is 2. The smallest absolute Gasteiger partial charge is 0.147 e. The fraction of sp³-hybridized carbons (Fsp3) is 0.286. The minimum Gasteiger partial charge on any atom is -0.507 e. The van der Waals surface area contributed by atoms with E-state index in [-0.39, 0.29) is 71.0 Å². The van der Waals surface area contributed by atoms with Crippen molar-refractivity contribution in [2.45, 2.75) is 144 Å². The first-order chi connectivity index (χ1) is 41.5. The monoisotopic (exact) mass is 1290 g/mol. The second-order valence-electron chi connectivity index (χ2n) is 25.3. The van der Waals surface area contributed by atoms with Gasteiger partial charge in [-0.1, -0.05) is 153 Å². The van der Waals surface area contributed by atoms with E-state index in [0.717, 1.165) is 41.8 Å². The number of nitrogens with zero attached hydrogens (tertiary/aromatic N) is 6. The van der Waals surface area contributed by atoms with Crippen molar-refractivity contribution in [2.75, 3.05) is 26.3 Å². The van der Waals surface area contributed by atoms with Crippen LogP contribution in [0.4, 0.5) is 22.7 Å². The summed E-state index contributed by atoms with van der Waals surface area (Å²) in [4.78, 5) is 15.0. The van der Waals surface area contributed by atoms with E-state index >= 15 is 0 Å². The Morgan fingerprint density at radius 1 is 0.364 bits per heavy atom. The molecule has 8 aromatic rings. The van der Waals surface area contributed by atoms with Gasteiger partial charge in [0.1, 0.15) is 47.7 Å². The summed E-state index contributed by atoms with van der Waals surface area (Å²) in [6.07, 6.45) is 3.20. The molecule has 0 aromatic heterocycles. The molecule has 0 atom stereocenters. The number of phenolic OH excluding ortho intramolecular Hbond substituents is 4. The highest BCUT2D eigenvalue weighted by Crippen LogP contribution is 2.56.